The molecule has 3 N–H and O–H groups in total. The van der Waals surface area contributed by atoms with E-state index in [4.69, 9.17) is 4.84 Å². The van der Waals surface area contributed by atoms with Crippen LogP contribution in [0.2, 0.25) is 0 Å². The van der Waals surface area contributed by atoms with Crippen molar-refractivity contribution in [1.29, 1.82) is 0 Å². The van der Waals surface area contributed by atoms with Gasteiger partial charge in [-0.2, -0.15) is 0 Å². The fourth-order valence-electron chi connectivity index (χ4n) is 8.35. The van der Waals surface area contributed by atoms with Gasteiger partial charge < -0.3 is 20.4 Å². The Morgan fingerprint density at radius 3 is 2.53 bits per heavy atom. The van der Waals surface area contributed by atoms with E-state index in [9.17, 15) is 19.8 Å². The lowest BCUT2D eigenvalue weighted by atomic mass is 9.46. The Kier molecular flexibility index (Phi) is 7.18. The number of benzene rings is 1. The van der Waals surface area contributed by atoms with Crippen molar-refractivity contribution in [3.8, 4) is 0 Å². The Balaban J connectivity index is 1.19. The van der Waals surface area contributed by atoms with Gasteiger partial charge in [-0.25, -0.2) is 4.79 Å². The van der Waals surface area contributed by atoms with Crippen LogP contribution in [0.15, 0.2) is 47.1 Å². The average Bonchev–Trinajstić information content (AvgIpc) is 3.13. The molecule has 0 saturated heterocycles. The molecule has 7 heteroatoms. The topological polar surface area (TPSA) is 108 Å². The maximum Gasteiger partial charge on any atom is 0.326 e. The second-order valence-electron chi connectivity index (χ2n) is 12.8. The number of carboxylic acids is 1. The maximum absolute atomic E-state index is 12.4. The number of aliphatic carboxylic acids is 1. The quantitative estimate of drug-likeness (QED) is 0.442. The predicted octanol–water partition coefficient (Wildman–Crippen LogP) is 4.88. The molecule has 38 heavy (non-hydrogen) atoms. The molecule has 7 atom stereocenters. The molecule has 0 radical (unpaired) electrons. The van der Waals surface area contributed by atoms with Crippen molar-refractivity contribution in [2.24, 2.45) is 33.7 Å². The molecule has 4 aliphatic carbocycles. The van der Waals surface area contributed by atoms with E-state index < -0.39 is 23.5 Å². The van der Waals surface area contributed by atoms with Gasteiger partial charge in [-0.05, 0) is 98.5 Å². The highest BCUT2D eigenvalue weighted by Gasteiger charge is 2.62. The average molecular weight is 523 g/mol. The number of carboxylic acid groups (broad SMARTS) is 1. The lowest BCUT2D eigenvalue weighted by molar-refractivity contribution is -0.142. The molecule has 3 saturated carbocycles. The minimum absolute atomic E-state index is 0.0299. The molecule has 0 heterocycles. The van der Waals surface area contributed by atoms with Gasteiger partial charge >= 0.3 is 5.97 Å². The first-order valence-corrected chi connectivity index (χ1v) is 14.2. The zero-order valence-corrected chi connectivity index (χ0v) is 22.9. The number of hydrogen-bond acceptors (Lipinski definition) is 5. The first kappa shape index (κ1) is 26.9. The van der Waals surface area contributed by atoms with E-state index in [-0.39, 0.29) is 23.9 Å². The molecular formula is C31H42N2O5. The molecule has 5 rings (SSSR count). The highest BCUT2D eigenvalue weighted by atomic mass is 16.6. The van der Waals surface area contributed by atoms with E-state index in [1.165, 1.54) is 12.0 Å². The summed E-state index contributed by atoms with van der Waals surface area (Å²) in [4.78, 5) is 29.4. The summed E-state index contributed by atoms with van der Waals surface area (Å²) in [6.07, 6.45) is 10.7. The Bertz CT molecular complexity index is 1130. The number of carbonyl (C=O) groups excluding carboxylic acids is 1. The zero-order valence-electron chi connectivity index (χ0n) is 22.9. The largest absolute Gasteiger partial charge is 0.480 e. The molecule has 0 aromatic heterocycles. The fourth-order valence-corrected chi connectivity index (χ4v) is 8.35. The number of rotatable bonds is 7. The number of aliphatic hydroxyl groups is 1. The Hall–Kier alpha value is -2.67. The number of fused-ring (bicyclic) bond motifs is 5. The number of allylic oxidation sites excluding steroid dienone is 2. The number of nitrogens with zero attached hydrogens (tertiary/aromatic N) is 1. The van der Waals surface area contributed by atoms with Crippen LogP contribution in [-0.2, 0) is 20.8 Å². The Morgan fingerprint density at radius 2 is 1.79 bits per heavy atom. The summed E-state index contributed by atoms with van der Waals surface area (Å²) >= 11 is 0. The van der Waals surface area contributed by atoms with Crippen molar-refractivity contribution in [2.75, 3.05) is 6.61 Å². The summed E-state index contributed by atoms with van der Waals surface area (Å²) in [6.45, 7) is 6.49. The van der Waals surface area contributed by atoms with Crippen LogP contribution < -0.4 is 5.32 Å². The molecule has 0 spiro atoms. The van der Waals surface area contributed by atoms with Crippen LogP contribution in [-0.4, -0.2) is 46.1 Å². The van der Waals surface area contributed by atoms with Gasteiger partial charge in [0, 0.05) is 6.42 Å². The molecule has 1 aromatic carbocycles. The second-order valence-corrected chi connectivity index (χ2v) is 12.8. The van der Waals surface area contributed by atoms with Gasteiger partial charge in [0.2, 0.25) is 0 Å². The van der Waals surface area contributed by atoms with Crippen LogP contribution in [0.1, 0.15) is 77.7 Å². The standard InChI is InChI=1S/C31H42N2O5/c1-29-14-11-22(33-38-19-27(34)32-26(28(35)36)17-20-7-5-4-6-8-20)18-21(29)9-10-23-24(29)12-15-30(2)25(23)13-16-31(30,3)37/h4-8,18,23-26,37H,9-17,19H2,1-3H3,(H,32,34)(H,35,36)/b33-22+/t23-,24?,25?,26?,29+,30+,31+/m0/s1. The molecule has 0 aliphatic heterocycles. The first-order valence-electron chi connectivity index (χ1n) is 14.2. The molecule has 7 nitrogen and oxygen atoms in total. The number of nitrogens with one attached hydrogen (secondary N) is 1. The van der Waals surface area contributed by atoms with Crippen molar-refractivity contribution in [3.63, 3.8) is 0 Å². The van der Waals surface area contributed by atoms with Crippen LogP contribution in [0, 0.1) is 28.6 Å². The van der Waals surface area contributed by atoms with E-state index in [0.717, 1.165) is 56.2 Å². The number of amides is 1. The highest BCUT2D eigenvalue weighted by Crippen LogP contribution is 2.67. The van der Waals surface area contributed by atoms with E-state index in [0.29, 0.717) is 17.8 Å². The van der Waals surface area contributed by atoms with Crippen LogP contribution in [0.4, 0.5) is 0 Å². The van der Waals surface area contributed by atoms with Gasteiger partial charge in [0.05, 0.1) is 11.3 Å². The molecule has 1 aromatic rings. The van der Waals surface area contributed by atoms with Gasteiger partial charge in [-0.15, -0.1) is 0 Å². The summed E-state index contributed by atoms with van der Waals surface area (Å²) < 4.78 is 0. The third kappa shape index (κ3) is 4.78. The predicted molar refractivity (Wildman–Crippen MR) is 145 cm³/mol. The van der Waals surface area contributed by atoms with Crippen molar-refractivity contribution in [1.82, 2.24) is 5.32 Å². The third-order valence-electron chi connectivity index (χ3n) is 10.8. The summed E-state index contributed by atoms with van der Waals surface area (Å²) in [5, 5.41) is 27.5. The minimum atomic E-state index is -1.08. The SMILES string of the molecule is C[C@@]12CC/C(=N\OCC(=O)NC(Cc3ccccc3)C(=O)O)C=C1CC[C@H]1C2CC[C@]2(C)C1CC[C@@]2(C)O. The van der Waals surface area contributed by atoms with Gasteiger partial charge in [0.25, 0.3) is 5.91 Å². The lowest BCUT2D eigenvalue weighted by Gasteiger charge is -2.59. The fraction of sp³-hybridized carbons (Fsp3) is 0.645. The molecule has 4 aliphatic rings. The zero-order chi connectivity index (χ0) is 27.1. The maximum atomic E-state index is 12.4. The van der Waals surface area contributed by atoms with Gasteiger partial charge in [-0.1, -0.05) is 54.9 Å². The van der Waals surface area contributed by atoms with Crippen LogP contribution in [0.3, 0.4) is 0 Å². The summed E-state index contributed by atoms with van der Waals surface area (Å²) in [7, 11) is 0. The second kappa shape index (κ2) is 10.1. The van der Waals surface area contributed by atoms with E-state index in [1.807, 2.05) is 30.3 Å². The monoisotopic (exact) mass is 522 g/mol. The molecule has 206 valence electrons. The number of carbonyl (C=O) groups is 2. The van der Waals surface area contributed by atoms with Crippen LogP contribution in [0.5, 0.6) is 0 Å². The van der Waals surface area contributed by atoms with Gasteiger partial charge in [0.1, 0.15) is 6.04 Å². The van der Waals surface area contributed by atoms with Gasteiger partial charge in [0.15, 0.2) is 6.61 Å². The molecule has 3 unspecified atom stereocenters. The van der Waals surface area contributed by atoms with Crippen molar-refractivity contribution in [2.45, 2.75) is 90.2 Å². The van der Waals surface area contributed by atoms with E-state index >= 15 is 0 Å². The van der Waals surface area contributed by atoms with E-state index in [2.05, 4.69) is 37.3 Å². The Labute approximate surface area is 225 Å². The van der Waals surface area contributed by atoms with Crippen molar-refractivity contribution in [3.05, 3.63) is 47.5 Å². The van der Waals surface area contributed by atoms with Crippen LogP contribution >= 0.6 is 0 Å². The smallest absolute Gasteiger partial charge is 0.326 e. The normalized spacial score (nSPS) is 37.8. The van der Waals surface area contributed by atoms with Crippen molar-refractivity contribution < 1.29 is 24.6 Å². The number of oxime groups is 1. The summed E-state index contributed by atoms with van der Waals surface area (Å²) in [6, 6.07) is 8.21. The van der Waals surface area contributed by atoms with Crippen molar-refractivity contribution >= 4 is 17.6 Å². The first-order chi connectivity index (χ1) is 18.0. The summed E-state index contributed by atoms with van der Waals surface area (Å²) in [5.41, 5.74) is 2.77. The van der Waals surface area contributed by atoms with Crippen LogP contribution in [0.25, 0.3) is 0 Å². The third-order valence-corrected chi connectivity index (χ3v) is 10.8. The highest BCUT2D eigenvalue weighted by molar-refractivity contribution is 5.96. The van der Waals surface area contributed by atoms with Gasteiger partial charge in [-0.3, -0.25) is 4.79 Å². The molecule has 0 bridgehead atoms. The molecular weight excluding hydrogens is 480 g/mol. The summed E-state index contributed by atoms with van der Waals surface area (Å²) in [5.74, 6) is 0.332. The van der Waals surface area contributed by atoms with E-state index in [1.54, 1.807) is 0 Å². The molecule has 1 amide bonds. The number of hydrogen-bond donors (Lipinski definition) is 3. The Morgan fingerprint density at radius 1 is 1.05 bits per heavy atom. The molecule has 3 fully saturated rings. The minimum Gasteiger partial charge on any atom is -0.480 e. The lowest BCUT2D eigenvalue weighted by Crippen LogP contribution is -2.53.